The Hall–Kier alpha value is -2.27. The monoisotopic (exact) mass is 389 g/mol. The van der Waals surface area contributed by atoms with E-state index in [1.54, 1.807) is 12.4 Å². The molecule has 7 heteroatoms. The molecule has 3 N–H and O–H groups in total. The van der Waals surface area contributed by atoms with E-state index in [4.69, 9.17) is 24.7 Å². The predicted octanol–water partition coefficient (Wildman–Crippen LogP) is 2.11. The molecule has 154 valence electrons. The molecule has 0 unspecified atom stereocenters. The summed E-state index contributed by atoms with van der Waals surface area (Å²) in [5.74, 6) is 6.54. The average molecular weight is 389 g/mol. The molecule has 2 heterocycles. The highest BCUT2D eigenvalue weighted by Gasteiger charge is 2.27. The van der Waals surface area contributed by atoms with E-state index in [-0.39, 0.29) is 11.7 Å². The van der Waals surface area contributed by atoms with Gasteiger partial charge in [0, 0.05) is 30.0 Å². The van der Waals surface area contributed by atoms with Gasteiger partial charge in [-0.15, -0.1) is 0 Å². The lowest BCUT2D eigenvalue weighted by Gasteiger charge is -2.34. The van der Waals surface area contributed by atoms with Gasteiger partial charge in [-0.2, -0.15) is 0 Å². The van der Waals surface area contributed by atoms with Crippen molar-refractivity contribution < 1.29 is 18.9 Å². The van der Waals surface area contributed by atoms with Gasteiger partial charge in [0.15, 0.2) is 6.29 Å². The van der Waals surface area contributed by atoms with Gasteiger partial charge in [-0.25, -0.2) is 4.98 Å². The number of nitrogens with one attached hydrogen (secondary N) is 1. The molecule has 1 fully saturated rings. The van der Waals surface area contributed by atoms with Crippen molar-refractivity contribution in [3.8, 4) is 17.6 Å². The van der Waals surface area contributed by atoms with Crippen LogP contribution in [0.25, 0.3) is 5.70 Å². The molecule has 0 aromatic carbocycles. The van der Waals surface area contributed by atoms with Crippen LogP contribution in [0.1, 0.15) is 39.0 Å². The smallest absolute Gasteiger partial charge is 0.174 e. The summed E-state index contributed by atoms with van der Waals surface area (Å²) in [7, 11) is 0. The van der Waals surface area contributed by atoms with Gasteiger partial charge in [0.2, 0.25) is 0 Å². The van der Waals surface area contributed by atoms with Crippen molar-refractivity contribution >= 4 is 5.70 Å². The van der Waals surface area contributed by atoms with Crippen LogP contribution in [-0.4, -0.2) is 50.9 Å². The van der Waals surface area contributed by atoms with E-state index in [2.05, 4.69) is 36.0 Å². The molecule has 0 aliphatic carbocycles. The molecule has 1 aliphatic rings. The van der Waals surface area contributed by atoms with Crippen molar-refractivity contribution in [1.29, 1.82) is 0 Å². The lowest BCUT2D eigenvalue weighted by atomic mass is 9.96. The van der Waals surface area contributed by atoms with E-state index in [0.29, 0.717) is 56.7 Å². The summed E-state index contributed by atoms with van der Waals surface area (Å²) in [6.07, 6.45) is 3.07. The summed E-state index contributed by atoms with van der Waals surface area (Å²) < 4.78 is 22.3. The fraction of sp³-hybridized carbons (Fsp3) is 0.571. The normalized spacial score (nSPS) is 16.9. The highest BCUT2D eigenvalue weighted by molar-refractivity contribution is 5.65. The molecule has 28 heavy (non-hydrogen) atoms. The average Bonchev–Trinajstić information content (AvgIpc) is 2.67. The fourth-order valence-electron chi connectivity index (χ4n) is 2.46. The minimum atomic E-state index is -0.292. The van der Waals surface area contributed by atoms with E-state index < -0.39 is 0 Å². The van der Waals surface area contributed by atoms with Crippen LogP contribution >= 0.6 is 0 Å². The molecule has 0 amide bonds. The Kier molecular flexibility index (Phi) is 8.58. The summed E-state index contributed by atoms with van der Waals surface area (Å²) in [5, 5.41) is 3.14. The van der Waals surface area contributed by atoms with Crippen molar-refractivity contribution in [3.05, 3.63) is 29.7 Å². The minimum absolute atomic E-state index is 0.0506. The second-order valence-corrected chi connectivity index (χ2v) is 7.17. The Morgan fingerprint density at radius 3 is 2.79 bits per heavy atom. The molecule has 0 saturated carbocycles. The molecule has 0 radical (unpaired) electrons. The van der Waals surface area contributed by atoms with Crippen LogP contribution in [0.15, 0.2) is 18.5 Å². The van der Waals surface area contributed by atoms with Crippen LogP contribution in [0.5, 0.6) is 5.75 Å². The van der Waals surface area contributed by atoms with Crippen molar-refractivity contribution in [1.82, 2.24) is 10.3 Å². The third-order valence-corrected chi connectivity index (χ3v) is 3.90. The molecule has 0 atom stereocenters. The Morgan fingerprint density at radius 2 is 2.11 bits per heavy atom. The Bertz CT molecular complexity index is 712. The van der Waals surface area contributed by atoms with E-state index in [9.17, 15) is 0 Å². The molecule has 1 saturated heterocycles. The molecule has 1 aromatic heterocycles. The molecular formula is C21H31N3O4. The van der Waals surface area contributed by atoms with Crippen molar-refractivity contribution in [2.75, 3.05) is 39.6 Å². The SMILES string of the molecule is CCOCC#Cc1cnc(/C(N)=C/NCC2OCC(C)(C)CO2)c(OCC)c1. The maximum atomic E-state index is 6.19. The maximum absolute atomic E-state index is 6.19. The number of rotatable bonds is 8. The summed E-state index contributed by atoms with van der Waals surface area (Å²) in [5.41, 5.74) is 8.03. The zero-order valence-corrected chi connectivity index (χ0v) is 17.2. The lowest BCUT2D eigenvalue weighted by Crippen LogP contribution is -2.41. The van der Waals surface area contributed by atoms with Gasteiger partial charge < -0.3 is 30.0 Å². The van der Waals surface area contributed by atoms with Gasteiger partial charge in [0.25, 0.3) is 0 Å². The van der Waals surface area contributed by atoms with Gasteiger partial charge in [-0.05, 0) is 19.9 Å². The Labute approximate surface area is 167 Å². The van der Waals surface area contributed by atoms with Crippen molar-refractivity contribution in [2.24, 2.45) is 11.1 Å². The molecular weight excluding hydrogens is 358 g/mol. The Balaban J connectivity index is 1.99. The van der Waals surface area contributed by atoms with Crippen molar-refractivity contribution in [3.63, 3.8) is 0 Å². The van der Waals surface area contributed by atoms with Crippen molar-refractivity contribution in [2.45, 2.75) is 34.0 Å². The largest absolute Gasteiger partial charge is 0.491 e. The number of pyridine rings is 1. The minimum Gasteiger partial charge on any atom is -0.491 e. The van der Waals surface area contributed by atoms with Gasteiger partial charge in [0.05, 0.1) is 32.1 Å². The molecule has 1 aromatic rings. The van der Waals surface area contributed by atoms with Gasteiger partial charge in [-0.1, -0.05) is 25.7 Å². The molecule has 1 aliphatic heterocycles. The lowest BCUT2D eigenvalue weighted by molar-refractivity contribution is -0.217. The number of aromatic nitrogens is 1. The summed E-state index contributed by atoms with van der Waals surface area (Å²) in [6, 6.07) is 1.83. The molecule has 7 nitrogen and oxygen atoms in total. The fourth-order valence-corrected chi connectivity index (χ4v) is 2.46. The van der Waals surface area contributed by atoms with E-state index in [0.717, 1.165) is 5.56 Å². The number of nitrogens with zero attached hydrogens (tertiary/aromatic N) is 1. The first-order valence-electron chi connectivity index (χ1n) is 9.57. The molecule has 0 bridgehead atoms. The first kappa shape index (κ1) is 22.0. The summed E-state index contributed by atoms with van der Waals surface area (Å²) >= 11 is 0. The van der Waals surface area contributed by atoms with E-state index >= 15 is 0 Å². The van der Waals surface area contributed by atoms with Crippen LogP contribution in [0, 0.1) is 17.3 Å². The van der Waals surface area contributed by atoms with Gasteiger partial charge >= 0.3 is 0 Å². The number of nitrogens with two attached hydrogens (primary N) is 1. The quantitative estimate of drug-likeness (QED) is 0.520. The molecule has 0 spiro atoms. The van der Waals surface area contributed by atoms with E-state index in [1.807, 2.05) is 19.9 Å². The highest BCUT2D eigenvalue weighted by Crippen LogP contribution is 2.23. The van der Waals surface area contributed by atoms with Crippen LogP contribution in [0.2, 0.25) is 0 Å². The highest BCUT2D eigenvalue weighted by atomic mass is 16.7. The van der Waals surface area contributed by atoms with Crippen LogP contribution < -0.4 is 15.8 Å². The second kappa shape index (κ2) is 10.9. The number of ether oxygens (including phenoxy) is 4. The molecule has 2 rings (SSSR count). The van der Waals surface area contributed by atoms with Gasteiger partial charge in [0.1, 0.15) is 18.1 Å². The topological polar surface area (TPSA) is 87.9 Å². The third kappa shape index (κ3) is 7.04. The zero-order valence-electron chi connectivity index (χ0n) is 17.2. The standard InChI is InChI=1S/C21H31N3O4/c1-5-25-9-7-8-16-10-18(26-6-2)20(24-11-16)17(22)12-23-13-19-27-14-21(3,4)15-28-19/h10-12,19,23H,5-6,9,13-15,22H2,1-4H3/b17-12-. The number of hydrogen-bond donors (Lipinski definition) is 2. The third-order valence-electron chi connectivity index (χ3n) is 3.90. The zero-order chi connectivity index (χ0) is 20.4. The summed E-state index contributed by atoms with van der Waals surface area (Å²) in [4.78, 5) is 4.42. The van der Waals surface area contributed by atoms with Crippen LogP contribution in [-0.2, 0) is 14.2 Å². The Morgan fingerprint density at radius 1 is 1.36 bits per heavy atom. The first-order valence-corrected chi connectivity index (χ1v) is 9.57. The second-order valence-electron chi connectivity index (χ2n) is 7.17. The van der Waals surface area contributed by atoms with E-state index in [1.165, 1.54) is 0 Å². The van der Waals surface area contributed by atoms with Gasteiger partial charge in [-0.3, -0.25) is 0 Å². The maximum Gasteiger partial charge on any atom is 0.174 e. The van der Waals surface area contributed by atoms with Crippen LogP contribution in [0.4, 0.5) is 0 Å². The van der Waals surface area contributed by atoms with Crippen LogP contribution in [0.3, 0.4) is 0 Å². The first-order chi connectivity index (χ1) is 13.4. The predicted molar refractivity (Wildman–Crippen MR) is 108 cm³/mol. The number of hydrogen-bond acceptors (Lipinski definition) is 7. The summed E-state index contributed by atoms with van der Waals surface area (Å²) in [6.45, 7) is 11.4.